The highest BCUT2D eigenvalue weighted by atomic mass is 16.5. The van der Waals surface area contributed by atoms with E-state index in [4.69, 9.17) is 9.47 Å². The largest absolute Gasteiger partial charge is 0.491 e. The smallest absolute Gasteiger partial charge is 0.119 e. The first-order chi connectivity index (χ1) is 7.81. The first-order valence-electron chi connectivity index (χ1n) is 5.70. The number of nitrogens with one attached hydrogen (secondary N) is 1. The minimum atomic E-state index is 0.424. The SMILES string of the molecule is CCC(NC)c1ccc(OCCOC)cc1. The molecule has 1 N–H and O–H groups in total. The lowest BCUT2D eigenvalue weighted by molar-refractivity contribution is 0.146. The fourth-order valence-corrected chi connectivity index (χ4v) is 1.65. The molecule has 3 nitrogen and oxygen atoms in total. The summed E-state index contributed by atoms with van der Waals surface area (Å²) in [5, 5.41) is 3.28. The molecule has 16 heavy (non-hydrogen) atoms. The van der Waals surface area contributed by atoms with Gasteiger partial charge in [0.1, 0.15) is 12.4 Å². The van der Waals surface area contributed by atoms with Gasteiger partial charge in [0, 0.05) is 13.2 Å². The molecule has 0 heterocycles. The Morgan fingerprint density at radius 1 is 1.19 bits per heavy atom. The third-order valence-corrected chi connectivity index (χ3v) is 2.60. The predicted molar refractivity (Wildman–Crippen MR) is 65.9 cm³/mol. The number of hydrogen-bond acceptors (Lipinski definition) is 3. The molecular weight excluding hydrogens is 202 g/mol. The van der Waals surface area contributed by atoms with E-state index >= 15 is 0 Å². The molecule has 90 valence electrons. The van der Waals surface area contributed by atoms with Crippen LogP contribution in [-0.2, 0) is 4.74 Å². The van der Waals surface area contributed by atoms with Gasteiger partial charge in [-0.1, -0.05) is 19.1 Å². The average Bonchev–Trinajstić information content (AvgIpc) is 2.33. The van der Waals surface area contributed by atoms with Crippen LogP contribution >= 0.6 is 0 Å². The molecule has 1 rings (SSSR count). The van der Waals surface area contributed by atoms with Crippen LogP contribution in [0.3, 0.4) is 0 Å². The van der Waals surface area contributed by atoms with Crippen LogP contribution in [0.1, 0.15) is 24.9 Å². The van der Waals surface area contributed by atoms with Crippen molar-refractivity contribution in [1.29, 1.82) is 0 Å². The van der Waals surface area contributed by atoms with Gasteiger partial charge >= 0.3 is 0 Å². The Labute approximate surface area is 97.8 Å². The van der Waals surface area contributed by atoms with Crippen LogP contribution in [0.15, 0.2) is 24.3 Å². The summed E-state index contributed by atoms with van der Waals surface area (Å²) >= 11 is 0. The molecule has 0 radical (unpaired) electrons. The lowest BCUT2D eigenvalue weighted by Gasteiger charge is -2.14. The van der Waals surface area contributed by atoms with E-state index in [9.17, 15) is 0 Å². The maximum Gasteiger partial charge on any atom is 0.119 e. The van der Waals surface area contributed by atoms with Crippen LogP contribution in [0.25, 0.3) is 0 Å². The minimum absolute atomic E-state index is 0.424. The van der Waals surface area contributed by atoms with E-state index in [1.807, 2.05) is 19.2 Å². The van der Waals surface area contributed by atoms with Crippen LogP contribution in [-0.4, -0.2) is 27.4 Å². The topological polar surface area (TPSA) is 30.5 Å². The third-order valence-electron chi connectivity index (χ3n) is 2.60. The molecule has 1 atom stereocenters. The highest BCUT2D eigenvalue weighted by molar-refractivity contribution is 5.29. The summed E-state index contributed by atoms with van der Waals surface area (Å²) in [5.74, 6) is 0.895. The molecule has 1 aromatic carbocycles. The maximum atomic E-state index is 5.50. The van der Waals surface area contributed by atoms with Crippen LogP contribution < -0.4 is 10.1 Å². The molecule has 0 saturated carbocycles. The van der Waals surface area contributed by atoms with Crippen molar-refractivity contribution in [3.63, 3.8) is 0 Å². The summed E-state index contributed by atoms with van der Waals surface area (Å²) < 4.78 is 10.4. The van der Waals surface area contributed by atoms with Crippen molar-refractivity contribution in [2.24, 2.45) is 0 Å². The summed E-state index contributed by atoms with van der Waals surface area (Å²) in [7, 11) is 3.66. The number of rotatable bonds is 7. The van der Waals surface area contributed by atoms with E-state index in [1.54, 1.807) is 7.11 Å². The quantitative estimate of drug-likeness (QED) is 0.720. The standard InChI is InChI=1S/C13H21NO2/c1-4-13(14-2)11-5-7-12(8-6-11)16-10-9-15-3/h5-8,13-14H,4,9-10H2,1-3H3. The summed E-state index contributed by atoms with van der Waals surface area (Å²) in [5.41, 5.74) is 1.30. The Hall–Kier alpha value is -1.06. The van der Waals surface area contributed by atoms with Gasteiger partial charge in [0.15, 0.2) is 0 Å². The lowest BCUT2D eigenvalue weighted by Crippen LogP contribution is -2.15. The van der Waals surface area contributed by atoms with Gasteiger partial charge in [-0.3, -0.25) is 0 Å². The van der Waals surface area contributed by atoms with Crippen molar-refractivity contribution in [1.82, 2.24) is 5.32 Å². The van der Waals surface area contributed by atoms with E-state index in [2.05, 4.69) is 24.4 Å². The van der Waals surface area contributed by atoms with E-state index in [-0.39, 0.29) is 0 Å². The molecular formula is C13H21NO2. The lowest BCUT2D eigenvalue weighted by atomic mass is 10.1. The third kappa shape index (κ3) is 3.83. The van der Waals surface area contributed by atoms with Crippen LogP contribution in [0.4, 0.5) is 0 Å². The molecule has 0 spiro atoms. The number of hydrogen-bond donors (Lipinski definition) is 1. The molecule has 0 amide bonds. The zero-order chi connectivity index (χ0) is 11.8. The zero-order valence-corrected chi connectivity index (χ0v) is 10.3. The normalized spacial score (nSPS) is 12.4. The summed E-state index contributed by atoms with van der Waals surface area (Å²) in [6.07, 6.45) is 1.08. The first-order valence-corrected chi connectivity index (χ1v) is 5.70. The Balaban J connectivity index is 2.53. The molecule has 0 aliphatic rings. The summed E-state index contributed by atoms with van der Waals surface area (Å²) in [6, 6.07) is 8.64. The van der Waals surface area contributed by atoms with E-state index in [0.29, 0.717) is 19.3 Å². The Kier molecular flexibility index (Phi) is 5.90. The van der Waals surface area contributed by atoms with Crippen molar-refractivity contribution in [3.05, 3.63) is 29.8 Å². The van der Waals surface area contributed by atoms with E-state index in [0.717, 1.165) is 12.2 Å². The zero-order valence-electron chi connectivity index (χ0n) is 10.3. The van der Waals surface area contributed by atoms with E-state index < -0.39 is 0 Å². The molecule has 0 saturated heterocycles. The van der Waals surface area contributed by atoms with Gasteiger partial charge in [-0.15, -0.1) is 0 Å². The number of benzene rings is 1. The summed E-state index contributed by atoms with van der Waals surface area (Å²) in [6.45, 7) is 3.39. The fourth-order valence-electron chi connectivity index (χ4n) is 1.65. The van der Waals surface area contributed by atoms with Crippen LogP contribution in [0, 0.1) is 0 Å². The van der Waals surface area contributed by atoms with Gasteiger partial charge in [0.25, 0.3) is 0 Å². The average molecular weight is 223 g/mol. The fraction of sp³-hybridized carbons (Fsp3) is 0.538. The molecule has 3 heteroatoms. The maximum absolute atomic E-state index is 5.50. The minimum Gasteiger partial charge on any atom is -0.491 e. The van der Waals surface area contributed by atoms with Crippen LogP contribution in [0.5, 0.6) is 5.75 Å². The Bertz CT molecular complexity index is 280. The first kappa shape index (κ1) is 13.0. The second-order valence-electron chi connectivity index (χ2n) is 3.66. The van der Waals surface area contributed by atoms with Crippen molar-refractivity contribution in [3.8, 4) is 5.75 Å². The molecule has 0 fully saturated rings. The predicted octanol–water partition coefficient (Wildman–Crippen LogP) is 2.38. The highest BCUT2D eigenvalue weighted by Crippen LogP contribution is 2.19. The van der Waals surface area contributed by atoms with Crippen molar-refractivity contribution < 1.29 is 9.47 Å². The molecule has 1 unspecified atom stereocenters. The molecule has 0 aliphatic carbocycles. The second-order valence-corrected chi connectivity index (χ2v) is 3.66. The molecule has 0 aliphatic heterocycles. The van der Waals surface area contributed by atoms with Crippen molar-refractivity contribution >= 4 is 0 Å². The van der Waals surface area contributed by atoms with Gasteiger partial charge in [-0.2, -0.15) is 0 Å². The highest BCUT2D eigenvalue weighted by Gasteiger charge is 2.05. The van der Waals surface area contributed by atoms with Gasteiger partial charge in [0.05, 0.1) is 6.61 Å². The number of ether oxygens (including phenoxy) is 2. The Morgan fingerprint density at radius 3 is 2.38 bits per heavy atom. The molecule has 0 aromatic heterocycles. The van der Waals surface area contributed by atoms with Gasteiger partial charge in [0.2, 0.25) is 0 Å². The number of methoxy groups -OCH3 is 1. The molecule has 1 aromatic rings. The van der Waals surface area contributed by atoms with E-state index in [1.165, 1.54) is 5.56 Å². The van der Waals surface area contributed by atoms with Crippen LogP contribution in [0.2, 0.25) is 0 Å². The van der Waals surface area contributed by atoms with Crippen molar-refractivity contribution in [2.45, 2.75) is 19.4 Å². The Morgan fingerprint density at radius 2 is 1.88 bits per heavy atom. The van der Waals surface area contributed by atoms with Gasteiger partial charge in [-0.25, -0.2) is 0 Å². The van der Waals surface area contributed by atoms with Crippen molar-refractivity contribution in [2.75, 3.05) is 27.4 Å². The van der Waals surface area contributed by atoms with Gasteiger partial charge < -0.3 is 14.8 Å². The van der Waals surface area contributed by atoms with Gasteiger partial charge in [-0.05, 0) is 31.2 Å². The second kappa shape index (κ2) is 7.25. The monoisotopic (exact) mass is 223 g/mol. The summed E-state index contributed by atoms with van der Waals surface area (Å²) in [4.78, 5) is 0. The molecule has 0 bridgehead atoms.